The summed E-state index contributed by atoms with van der Waals surface area (Å²) in [6.07, 6.45) is -2.56. The minimum Gasteiger partial charge on any atom is 0 e. The van der Waals surface area contributed by atoms with Crippen molar-refractivity contribution in [3.05, 3.63) is 182 Å². The average molecular weight is 1020 g/mol. The molecule has 9 heteroatoms. The number of aromatic nitrogens is 3. The molecule has 0 N–H and O–H groups in total. The van der Waals surface area contributed by atoms with E-state index in [1.807, 2.05) is 144 Å². The van der Waals surface area contributed by atoms with Crippen molar-refractivity contribution >= 4 is 61.4 Å². The van der Waals surface area contributed by atoms with Crippen LogP contribution in [0, 0.1) is 12.1 Å². The number of alkyl halides is 3. The predicted octanol–water partition coefficient (Wildman–Crippen LogP) is 13.3. The van der Waals surface area contributed by atoms with Crippen molar-refractivity contribution in [1.82, 2.24) is 14.5 Å². The Morgan fingerprint density at radius 2 is 1.41 bits per heavy atom. The van der Waals surface area contributed by atoms with E-state index < -0.39 is 25.0 Å². The monoisotopic (exact) mass is 1020 g/mol. The number of rotatable bonds is 5. The van der Waals surface area contributed by atoms with Gasteiger partial charge in [0.05, 0.1) is 22.4 Å². The van der Waals surface area contributed by atoms with Gasteiger partial charge < -0.3 is 8.98 Å². The molecule has 0 aliphatic heterocycles. The van der Waals surface area contributed by atoms with Gasteiger partial charge in [-0.1, -0.05) is 103 Å². The van der Waals surface area contributed by atoms with Crippen molar-refractivity contribution < 1.29 is 37.7 Å². The van der Waals surface area contributed by atoms with Crippen LogP contribution < -0.4 is 4.40 Å². The Labute approximate surface area is 356 Å². The second-order valence-corrected chi connectivity index (χ2v) is 25.8. The maximum atomic E-state index is 14.4. The number of benzene rings is 7. The molecule has 0 atom stereocenters. The van der Waals surface area contributed by atoms with E-state index in [0.717, 1.165) is 50.4 Å². The van der Waals surface area contributed by atoms with Gasteiger partial charge in [-0.25, -0.2) is 0 Å². The standard InChI is InChI=1S/C36H20F3N2O.C14H16GeN.Ir/c37-36(38,39)28-21-20-27(34-32(28)26-19-18-23-12-4-5-14-25(23)33(26)42-34)35-40-29-15-7-9-17-31(29)41(35)30-16-8-6-13-24(30)22-10-2-1-3-11-22;1-15(2,3)13-9-10-14(16-11-13)12-7-5-4-6-8-12;/h1-19,21H;4-7,9-11H,1-3H3;/q2*-1;. The summed E-state index contributed by atoms with van der Waals surface area (Å²) in [5.74, 6) is 7.59. The molecule has 0 aliphatic rings. The zero-order chi connectivity index (χ0) is 40.0. The molecule has 1 radical (unpaired) electrons. The van der Waals surface area contributed by atoms with Crippen molar-refractivity contribution in [3.8, 4) is 39.5 Å². The van der Waals surface area contributed by atoms with Gasteiger partial charge in [0.1, 0.15) is 5.58 Å². The third-order valence-corrected chi connectivity index (χ3v) is 14.6. The molecule has 0 unspecified atom stereocenters. The first-order valence-electron chi connectivity index (χ1n) is 19.0. The number of para-hydroxylation sites is 3. The molecular formula is C50H36F3GeIrN3O-2. The van der Waals surface area contributed by atoms with Gasteiger partial charge in [0.15, 0.2) is 0 Å². The van der Waals surface area contributed by atoms with E-state index in [0.29, 0.717) is 27.9 Å². The van der Waals surface area contributed by atoms with Crippen molar-refractivity contribution in [3.63, 3.8) is 0 Å². The molecule has 0 spiro atoms. The third-order valence-electron chi connectivity index (χ3n) is 10.4. The van der Waals surface area contributed by atoms with E-state index in [9.17, 15) is 13.2 Å². The Morgan fingerprint density at radius 1 is 0.678 bits per heavy atom. The van der Waals surface area contributed by atoms with Crippen LogP contribution >= 0.6 is 0 Å². The van der Waals surface area contributed by atoms with Crippen LogP contribution in [0.15, 0.2) is 168 Å². The molecule has 0 saturated heterocycles. The predicted molar refractivity (Wildman–Crippen MR) is 232 cm³/mol. The summed E-state index contributed by atoms with van der Waals surface area (Å²) in [4.78, 5) is 9.49. The van der Waals surface area contributed by atoms with Crippen LogP contribution in [0.4, 0.5) is 13.2 Å². The Kier molecular flexibility index (Phi) is 10.9. The van der Waals surface area contributed by atoms with E-state index in [-0.39, 0.29) is 31.1 Å². The normalized spacial score (nSPS) is 11.8. The van der Waals surface area contributed by atoms with Crippen molar-refractivity contribution in [2.24, 2.45) is 0 Å². The van der Waals surface area contributed by atoms with Crippen LogP contribution in [0.2, 0.25) is 17.3 Å². The molecule has 3 aromatic heterocycles. The first-order valence-corrected chi connectivity index (χ1v) is 26.3. The van der Waals surface area contributed by atoms with Crippen LogP contribution in [-0.2, 0) is 26.3 Å². The smallest absolute Gasteiger partial charge is 0 e. The van der Waals surface area contributed by atoms with E-state index >= 15 is 0 Å². The summed E-state index contributed by atoms with van der Waals surface area (Å²) in [6, 6.07) is 56.1. The fourth-order valence-corrected chi connectivity index (χ4v) is 9.63. The Hall–Kier alpha value is -5.80. The quantitative estimate of drug-likeness (QED) is 0.127. The fourth-order valence-electron chi connectivity index (χ4n) is 7.46. The maximum absolute atomic E-state index is 14.4. The van der Waals surface area contributed by atoms with Gasteiger partial charge >= 0.3 is 106 Å². The minimum absolute atomic E-state index is 0. The van der Waals surface area contributed by atoms with Gasteiger partial charge in [0.25, 0.3) is 0 Å². The van der Waals surface area contributed by atoms with Gasteiger partial charge in [-0.05, 0) is 40.1 Å². The Morgan fingerprint density at radius 3 is 2.15 bits per heavy atom. The molecule has 0 saturated carbocycles. The van der Waals surface area contributed by atoms with Crippen LogP contribution in [-0.4, -0.2) is 27.8 Å². The molecule has 0 bridgehead atoms. The van der Waals surface area contributed by atoms with Crippen molar-refractivity contribution in [2.75, 3.05) is 0 Å². The summed E-state index contributed by atoms with van der Waals surface area (Å²) in [5.41, 5.74) is 6.49. The zero-order valence-corrected chi connectivity index (χ0v) is 36.8. The summed E-state index contributed by atoms with van der Waals surface area (Å²) in [5, 5.41) is 2.03. The molecule has 0 fully saturated rings. The van der Waals surface area contributed by atoms with E-state index in [2.05, 4.69) is 46.5 Å². The number of hydrogen-bond donors (Lipinski definition) is 0. The molecule has 10 aromatic rings. The maximum Gasteiger partial charge on any atom is 0 e. The molecule has 7 aromatic carbocycles. The third kappa shape index (κ3) is 7.64. The average Bonchev–Trinajstić information content (AvgIpc) is 3.83. The minimum atomic E-state index is -4.60. The molecule has 0 amide bonds. The van der Waals surface area contributed by atoms with Crippen molar-refractivity contribution in [1.29, 1.82) is 0 Å². The SMILES string of the molecule is FC(F)(F)c1c[c-]c(-c2nc3ccccc3n2-c2ccccc2-c2ccccc2)c2oc3c4ccccc4ccc3c12.[CH3][Ge]([CH3])([CH3])[c]1ccc(-c2[c-]cccc2)nc1.[Ir]. The van der Waals surface area contributed by atoms with Gasteiger partial charge in [0, 0.05) is 42.1 Å². The van der Waals surface area contributed by atoms with E-state index in [4.69, 9.17) is 9.40 Å². The number of fused-ring (bicyclic) bond motifs is 6. The second-order valence-electron chi connectivity index (χ2n) is 15.1. The Balaban J connectivity index is 0.000000240. The van der Waals surface area contributed by atoms with Crippen molar-refractivity contribution in [2.45, 2.75) is 23.4 Å². The molecule has 59 heavy (non-hydrogen) atoms. The van der Waals surface area contributed by atoms with Crippen LogP contribution in [0.1, 0.15) is 5.56 Å². The second kappa shape index (κ2) is 16.1. The molecule has 3 heterocycles. The first kappa shape index (κ1) is 40.0. The molecule has 10 rings (SSSR count). The number of pyridine rings is 1. The van der Waals surface area contributed by atoms with Crippen LogP contribution in [0.25, 0.3) is 83.2 Å². The van der Waals surface area contributed by atoms with Crippen LogP contribution in [0.3, 0.4) is 0 Å². The largest absolute Gasteiger partial charge is 0 e. The van der Waals surface area contributed by atoms with Gasteiger partial charge in [0.2, 0.25) is 0 Å². The fraction of sp³-hybridized carbons (Fsp3) is 0.0800. The zero-order valence-electron chi connectivity index (χ0n) is 32.3. The topological polar surface area (TPSA) is 43.9 Å². The number of halogens is 3. The summed E-state index contributed by atoms with van der Waals surface area (Å²) < 4.78 is 53.2. The molecule has 0 aliphatic carbocycles. The first-order chi connectivity index (χ1) is 28.1. The van der Waals surface area contributed by atoms with Crippen LogP contribution in [0.5, 0.6) is 0 Å². The van der Waals surface area contributed by atoms with E-state index in [1.165, 1.54) is 4.40 Å². The van der Waals surface area contributed by atoms with E-state index in [1.54, 1.807) is 6.07 Å². The molecular weight excluding hydrogens is 980 g/mol. The van der Waals surface area contributed by atoms with Gasteiger partial charge in [-0.15, -0.1) is 12.1 Å². The molecule has 4 nitrogen and oxygen atoms in total. The summed E-state index contributed by atoms with van der Waals surface area (Å²) >= 11 is -1.72. The number of furan rings is 1. The Bertz CT molecular complexity index is 3080. The summed E-state index contributed by atoms with van der Waals surface area (Å²) in [6.45, 7) is 0. The number of hydrogen-bond acceptors (Lipinski definition) is 3. The number of nitrogens with zero attached hydrogens (tertiary/aromatic N) is 3. The number of imidazole rings is 1. The van der Waals surface area contributed by atoms with Gasteiger partial charge in [-0.3, -0.25) is 4.98 Å². The van der Waals surface area contributed by atoms with Gasteiger partial charge in [-0.2, -0.15) is 13.2 Å². The summed E-state index contributed by atoms with van der Waals surface area (Å²) in [7, 11) is 0. The molecule has 293 valence electrons.